The van der Waals surface area contributed by atoms with Crippen LogP contribution in [0.5, 0.6) is 0 Å². The van der Waals surface area contributed by atoms with Crippen molar-refractivity contribution in [1.29, 1.82) is 0 Å². The SMILES string of the molecule is O=C1[CH-]CCN1CCO.[K+]. The molecule has 1 saturated heterocycles. The molecule has 0 bridgehead atoms. The normalized spacial score (nSPS) is 16.5. The number of amides is 1. The molecule has 0 unspecified atom stereocenters. The fraction of sp³-hybridized carbons (Fsp3) is 0.667. The molecule has 0 saturated carbocycles. The van der Waals surface area contributed by atoms with Crippen molar-refractivity contribution in [2.75, 3.05) is 19.7 Å². The minimum atomic E-state index is 0. The zero-order chi connectivity index (χ0) is 6.69. The van der Waals surface area contributed by atoms with Crippen LogP contribution in [0.25, 0.3) is 0 Å². The van der Waals surface area contributed by atoms with Crippen LogP contribution in [-0.2, 0) is 4.79 Å². The average molecular weight is 167 g/mol. The quantitative estimate of drug-likeness (QED) is 0.341. The van der Waals surface area contributed by atoms with Gasteiger partial charge in [0.2, 0.25) is 0 Å². The van der Waals surface area contributed by atoms with Crippen molar-refractivity contribution >= 4 is 5.91 Å². The first-order valence-electron chi connectivity index (χ1n) is 3.07. The van der Waals surface area contributed by atoms with Crippen molar-refractivity contribution in [2.24, 2.45) is 0 Å². The zero-order valence-electron chi connectivity index (χ0n) is 6.21. The van der Waals surface area contributed by atoms with E-state index in [0.717, 1.165) is 13.0 Å². The van der Waals surface area contributed by atoms with E-state index in [0.29, 0.717) is 6.54 Å². The second-order valence-electron chi connectivity index (χ2n) is 2.04. The summed E-state index contributed by atoms with van der Waals surface area (Å²) in [5.41, 5.74) is 0. The van der Waals surface area contributed by atoms with Gasteiger partial charge in [0.25, 0.3) is 0 Å². The number of hydrogen-bond donors (Lipinski definition) is 1. The Morgan fingerprint density at radius 3 is 2.80 bits per heavy atom. The number of β-amino-alcohol motifs (C(OH)–C–C–N with tert-alkyl or cyclic N) is 1. The minimum Gasteiger partial charge on any atom is -0.395 e. The van der Waals surface area contributed by atoms with Crippen LogP contribution < -0.4 is 51.4 Å². The van der Waals surface area contributed by atoms with Crippen LogP contribution in [0.4, 0.5) is 0 Å². The van der Waals surface area contributed by atoms with Gasteiger partial charge in [-0.2, -0.15) is 0 Å². The molecule has 10 heavy (non-hydrogen) atoms. The second-order valence-corrected chi connectivity index (χ2v) is 2.04. The van der Waals surface area contributed by atoms with Gasteiger partial charge in [-0.25, -0.2) is 0 Å². The number of aliphatic hydroxyl groups excluding tert-OH is 1. The predicted octanol–water partition coefficient (Wildman–Crippen LogP) is -3.58. The first kappa shape index (κ1) is 10.9. The Kier molecular flexibility index (Phi) is 6.09. The first-order valence-corrected chi connectivity index (χ1v) is 3.07. The smallest absolute Gasteiger partial charge is 0.395 e. The summed E-state index contributed by atoms with van der Waals surface area (Å²) in [4.78, 5) is 12.4. The molecule has 52 valence electrons. The van der Waals surface area contributed by atoms with E-state index in [9.17, 15) is 4.79 Å². The summed E-state index contributed by atoms with van der Waals surface area (Å²) in [6, 6.07) is 0. The monoisotopic (exact) mass is 167 g/mol. The summed E-state index contributed by atoms with van der Waals surface area (Å²) < 4.78 is 0. The fourth-order valence-corrected chi connectivity index (χ4v) is 0.926. The zero-order valence-corrected chi connectivity index (χ0v) is 9.33. The van der Waals surface area contributed by atoms with E-state index in [-0.39, 0.29) is 63.9 Å². The van der Waals surface area contributed by atoms with Gasteiger partial charge in [-0.3, -0.25) is 0 Å². The fourth-order valence-electron chi connectivity index (χ4n) is 0.926. The van der Waals surface area contributed by atoms with Gasteiger partial charge < -0.3 is 21.2 Å². The van der Waals surface area contributed by atoms with Gasteiger partial charge in [0, 0.05) is 6.54 Å². The molecule has 0 aromatic heterocycles. The molecular weight excluding hydrogens is 157 g/mol. The van der Waals surface area contributed by atoms with E-state index >= 15 is 0 Å². The molecule has 0 atom stereocenters. The molecule has 0 aromatic carbocycles. The Bertz CT molecular complexity index is 118. The van der Waals surface area contributed by atoms with Gasteiger partial charge in [0.1, 0.15) is 0 Å². The van der Waals surface area contributed by atoms with E-state index in [2.05, 4.69) is 0 Å². The van der Waals surface area contributed by atoms with Crippen LogP contribution in [0.3, 0.4) is 0 Å². The van der Waals surface area contributed by atoms with Crippen molar-refractivity contribution in [1.82, 2.24) is 4.90 Å². The first-order chi connectivity index (χ1) is 4.34. The molecule has 0 radical (unpaired) electrons. The molecule has 1 aliphatic rings. The van der Waals surface area contributed by atoms with Crippen molar-refractivity contribution in [2.45, 2.75) is 6.42 Å². The average Bonchev–Trinajstić information content (AvgIpc) is 2.18. The Balaban J connectivity index is 0.000000810. The van der Waals surface area contributed by atoms with Crippen LogP contribution in [0, 0.1) is 6.42 Å². The van der Waals surface area contributed by atoms with Crippen LogP contribution in [0.2, 0.25) is 0 Å². The standard InChI is InChI=1S/C6H10NO2.K/c8-5-4-7-3-1-2-6(7)9;/h2,8H,1,3-5H2;/q-1;+1. The summed E-state index contributed by atoms with van der Waals surface area (Å²) in [6.07, 6.45) is 2.48. The van der Waals surface area contributed by atoms with Crippen LogP contribution >= 0.6 is 0 Å². The number of aliphatic hydroxyl groups is 1. The minimum absolute atomic E-state index is 0. The van der Waals surface area contributed by atoms with Gasteiger partial charge in [-0.1, -0.05) is 0 Å². The largest absolute Gasteiger partial charge is 1.00 e. The topological polar surface area (TPSA) is 40.5 Å². The van der Waals surface area contributed by atoms with Crippen LogP contribution in [-0.4, -0.2) is 35.6 Å². The molecule has 3 nitrogen and oxygen atoms in total. The van der Waals surface area contributed by atoms with Gasteiger partial charge >= 0.3 is 51.4 Å². The third-order valence-electron chi connectivity index (χ3n) is 1.40. The van der Waals surface area contributed by atoms with E-state index < -0.39 is 0 Å². The maximum absolute atomic E-state index is 10.7. The molecule has 1 fully saturated rings. The summed E-state index contributed by atoms with van der Waals surface area (Å²) in [7, 11) is 0. The molecule has 4 heteroatoms. The maximum Gasteiger partial charge on any atom is 1.00 e. The number of hydrogen-bond acceptors (Lipinski definition) is 2. The number of carbonyl (C=O) groups excluding carboxylic acids is 1. The predicted molar refractivity (Wildman–Crippen MR) is 32.6 cm³/mol. The van der Waals surface area contributed by atoms with E-state index in [1.165, 1.54) is 0 Å². The number of carbonyl (C=O) groups is 1. The Hall–Kier alpha value is 0.936. The van der Waals surface area contributed by atoms with Gasteiger partial charge in [0.05, 0.1) is 12.5 Å². The third-order valence-corrected chi connectivity index (χ3v) is 1.40. The van der Waals surface area contributed by atoms with Crippen molar-refractivity contribution in [3.63, 3.8) is 0 Å². The van der Waals surface area contributed by atoms with Crippen molar-refractivity contribution < 1.29 is 61.3 Å². The molecule has 0 spiro atoms. The molecule has 1 amide bonds. The van der Waals surface area contributed by atoms with Crippen molar-refractivity contribution in [3.05, 3.63) is 6.42 Å². The summed E-state index contributed by atoms with van der Waals surface area (Å²) in [6.45, 7) is 1.33. The van der Waals surface area contributed by atoms with Crippen molar-refractivity contribution in [3.8, 4) is 0 Å². The molecule has 0 aromatic rings. The summed E-state index contributed by atoms with van der Waals surface area (Å²) in [5, 5.41) is 8.44. The number of nitrogens with zero attached hydrogens (tertiary/aromatic N) is 1. The summed E-state index contributed by atoms with van der Waals surface area (Å²) in [5.74, 6) is 0.0593. The number of rotatable bonds is 2. The molecule has 1 aliphatic heterocycles. The maximum atomic E-state index is 10.7. The van der Waals surface area contributed by atoms with Crippen LogP contribution in [0.15, 0.2) is 0 Å². The second kappa shape index (κ2) is 5.57. The van der Waals surface area contributed by atoms with Gasteiger partial charge in [-0.05, 0) is 6.54 Å². The van der Waals surface area contributed by atoms with E-state index in [4.69, 9.17) is 5.11 Å². The number of likely N-dealkylation sites (tertiary alicyclic amines) is 1. The van der Waals surface area contributed by atoms with Crippen LogP contribution in [0.1, 0.15) is 6.42 Å². The third kappa shape index (κ3) is 2.90. The van der Waals surface area contributed by atoms with E-state index in [1.807, 2.05) is 0 Å². The van der Waals surface area contributed by atoms with E-state index in [1.54, 1.807) is 11.3 Å². The molecular formula is C6H10KNO2. The Labute approximate surface area is 103 Å². The Morgan fingerprint density at radius 1 is 1.70 bits per heavy atom. The van der Waals surface area contributed by atoms with Gasteiger partial charge in [0.15, 0.2) is 0 Å². The molecule has 1 heterocycles. The summed E-state index contributed by atoms with van der Waals surface area (Å²) >= 11 is 0. The molecule has 1 rings (SSSR count). The Morgan fingerprint density at radius 2 is 2.40 bits per heavy atom. The van der Waals surface area contributed by atoms with Gasteiger partial charge in [-0.15, -0.1) is 6.42 Å². The molecule has 1 N–H and O–H groups in total. The molecule has 0 aliphatic carbocycles.